The minimum atomic E-state index is -4.48. The molecule has 0 bridgehead atoms. The molecule has 0 spiro atoms. The van der Waals surface area contributed by atoms with Gasteiger partial charge in [0, 0.05) is 18.8 Å². The van der Waals surface area contributed by atoms with Gasteiger partial charge in [-0.3, -0.25) is 4.79 Å². The average molecular weight is 515 g/mol. The molecule has 0 aromatic heterocycles. The topological polar surface area (TPSA) is 94.5 Å². The maximum atomic E-state index is 13.0. The maximum Gasteiger partial charge on any atom is 0.416 e. The van der Waals surface area contributed by atoms with Gasteiger partial charge >= 0.3 is 12.1 Å². The van der Waals surface area contributed by atoms with Gasteiger partial charge in [0.15, 0.2) is 0 Å². The van der Waals surface area contributed by atoms with Crippen LogP contribution in [0.5, 0.6) is 5.75 Å². The first kappa shape index (κ1) is 28.2. The van der Waals surface area contributed by atoms with Crippen LogP contribution in [0.3, 0.4) is 0 Å². The lowest BCUT2D eigenvalue weighted by Gasteiger charge is -2.26. The Balaban J connectivity index is 1.62. The van der Waals surface area contributed by atoms with Crippen molar-refractivity contribution < 1.29 is 47.1 Å². The van der Waals surface area contributed by atoms with Crippen LogP contribution < -0.4 is 4.74 Å². The van der Waals surface area contributed by atoms with Crippen LogP contribution in [-0.4, -0.2) is 61.1 Å². The SMILES string of the molecule is COC(=O)CCC/C=C\CC1C(O)CC(O)[C@@H]1/C=C/C1(COc2cccc(C(F)(F)F)c2)OCCO1. The van der Waals surface area contributed by atoms with Crippen molar-refractivity contribution in [1.29, 1.82) is 0 Å². The molecule has 2 aliphatic rings. The molecule has 1 aliphatic heterocycles. The number of esters is 1. The zero-order valence-corrected chi connectivity index (χ0v) is 20.2. The first-order chi connectivity index (χ1) is 17.1. The maximum absolute atomic E-state index is 13.0. The standard InChI is InChI=1S/C26H33F3O7/c1-33-24(32)10-5-3-2-4-9-20-21(23(31)16-22(20)30)11-12-25(35-13-14-36-25)17-34-19-8-6-7-18(15-19)26(27,28)29/h2,4,6-8,11-12,15,20-23,30-31H,3,5,9-10,13-14,16-17H2,1H3/b4-2-,12-11+/t20?,21-,22?,23?/m1/s1. The number of aliphatic hydroxyl groups is 2. The predicted molar refractivity (Wildman–Crippen MR) is 124 cm³/mol. The predicted octanol–water partition coefficient (Wildman–Crippen LogP) is 4.03. The lowest BCUT2D eigenvalue weighted by Crippen LogP contribution is -2.35. The van der Waals surface area contributed by atoms with Crippen LogP contribution >= 0.6 is 0 Å². The number of carbonyl (C=O) groups excluding carboxylic acids is 1. The summed E-state index contributed by atoms with van der Waals surface area (Å²) in [6.45, 7) is 0.384. The third-order valence-corrected chi connectivity index (χ3v) is 6.42. The van der Waals surface area contributed by atoms with Crippen molar-refractivity contribution in [1.82, 2.24) is 0 Å². The molecule has 4 atom stereocenters. The zero-order chi connectivity index (χ0) is 26.2. The van der Waals surface area contributed by atoms with Gasteiger partial charge in [0.05, 0.1) is 38.1 Å². The molecule has 2 N–H and O–H groups in total. The van der Waals surface area contributed by atoms with Crippen molar-refractivity contribution in [2.75, 3.05) is 26.9 Å². The third-order valence-electron chi connectivity index (χ3n) is 6.42. The second-order valence-corrected chi connectivity index (χ2v) is 8.97. The Morgan fingerprint density at radius 1 is 1.19 bits per heavy atom. The van der Waals surface area contributed by atoms with Crippen molar-refractivity contribution >= 4 is 5.97 Å². The van der Waals surface area contributed by atoms with Gasteiger partial charge in [-0.1, -0.05) is 24.3 Å². The van der Waals surface area contributed by atoms with E-state index in [0.29, 0.717) is 25.7 Å². The summed E-state index contributed by atoms with van der Waals surface area (Å²) in [5, 5.41) is 21.0. The lowest BCUT2D eigenvalue weighted by molar-refractivity contribution is -0.141. The number of methoxy groups -OCH3 is 1. The summed E-state index contributed by atoms with van der Waals surface area (Å²) in [6.07, 6.45) is 3.71. The van der Waals surface area contributed by atoms with Gasteiger partial charge in [0.2, 0.25) is 5.79 Å². The Kier molecular flexibility index (Phi) is 9.95. The minimum absolute atomic E-state index is 0.0308. The Hall–Kier alpha value is -2.40. The largest absolute Gasteiger partial charge is 0.488 e. The molecule has 10 heteroatoms. The van der Waals surface area contributed by atoms with Crippen molar-refractivity contribution in [2.24, 2.45) is 11.8 Å². The molecule has 1 aromatic rings. The highest BCUT2D eigenvalue weighted by atomic mass is 19.4. The molecule has 7 nitrogen and oxygen atoms in total. The second kappa shape index (κ2) is 12.7. The highest BCUT2D eigenvalue weighted by molar-refractivity contribution is 5.69. The molecule has 3 rings (SSSR count). The van der Waals surface area contributed by atoms with Crippen molar-refractivity contribution in [3.8, 4) is 5.75 Å². The van der Waals surface area contributed by atoms with E-state index in [0.717, 1.165) is 12.1 Å². The van der Waals surface area contributed by atoms with E-state index in [-0.39, 0.29) is 49.8 Å². The summed E-state index contributed by atoms with van der Waals surface area (Å²) in [7, 11) is 1.35. The second-order valence-electron chi connectivity index (χ2n) is 8.97. The minimum Gasteiger partial charge on any atom is -0.488 e. The summed E-state index contributed by atoms with van der Waals surface area (Å²) in [5.74, 6) is -2.15. The summed E-state index contributed by atoms with van der Waals surface area (Å²) in [6, 6.07) is 4.57. The molecule has 0 amide bonds. The number of hydrogen-bond acceptors (Lipinski definition) is 7. The first-order valence-corrected chi connectivity index (χ1v) is 12.0. The number of halogens is 3. The summed E-state index contributed by atoms with van der Waals surface area (Å²) >= 11 is 0. The van der Waals surface area contributed by atoms with Gasteiger partial charge in [0.25, 0.3) is 0 Å². The molecule has 3 unspecified atom stereocenters. The zero-order valence-electron chi connectivity index (χ0n) is 20.2. The van der Waals surface area contributed by atoms with Crippen LogP contribution in [0.1, 0.15) is 37.7 Å². The van der Waals surface area contributed by atoms with Crippen LogP contribution in [0.15, 0.2) is 48.6 Å². The quantitative estimate of drug-likeness (QED) is 0.262. The first-order valence-electron chi connectivity index (χ1n) is 12.0. The van der Waals surface area contributed by atoms with Crippen molar-refractivity contribution in [3.63, 3.8) is 0 Å². The number of allylic oxidation sites excluding steroid dienone is 2. The van der Waals surface area contributed by atoms with E-state index in [1.54, 1.807) is 12.2 Å². The fraction of sp³-hybridized carbons (Fsp3) is 0.577. The smallest absolute Gasteiger partial charge is 0.416 e. The molecule has 0 radical (unpaired) electrons. The van der Waals surface area contributed by atoms with E-state index < -0.39 is 29.7 Å². The summed E-state index contributed by atoms with van der Waals surface area (Å²) in [4.78, 5) is 11.2. The van der Waals surface area contributed by atoms with Gasteiger partial charge in [-0.05, 0) is 49.5 Å². The molecule has 2 fully saturated rings. The van der Waals surface area contributed by atoms with E-state index in [2.05, 4.69) is 4.74 Å². The average Bonchev–Trinajstić information content (AvgIpc) is 3.42. The molecular formula is C26H33F3O7. The molecule has 1 heterocycles. The lowest BCUT2D eigenvalue weighted by atomic mass is 9.89. The number of carbonyl (C=O) groups is 1. The fourth-order valence-corrected chi connectivity index (χ4v) is 4.45. The Morgan fingerprint density at radius 2 is 1.94 bits per heavy atom. The highest BCUT2D eigenvalue weighted by Gasteiger charge is 2.41. The number of ether oxygens (including phenoxy) is 4. The van der Waals surface area contributed by atoms with E-state index in [9.17, 15) is 28.2 Å². The number of aliphatic hydroxyl groups excluding tert-OH is 2. The highest BCUT2D eigenvalue weighted by Crippen LogP contribution is 2.37. The Bertz CT molecular complexity index is 909. The summed E-state index contributed by atoms with van der Waals surface area (Å²) < 4.78 is 60.6. The van der Waals surface area contributed by atoms with Gasteiger partial charge in [0.1, 0.15) is 12.4 Å². The molecule has 1 aliphatic carbocycles. The number of alkyl halides is 3. The molecule has 1 aromatic carbocycles. The molecule has 1 saturated carbocycles. The number of benzene rings is 1. The third kappa shape index (κ3) is 7.80. The van der Waals surface area contributed by atoms with E-state index >= 15 is 0 Å². The van der Waals surface area contributed by atoms with Gasteiger partial charge in [-0.25, -0.2) is 0 Å². The van der Waals surface area contributed by atoms with Crippen LogP contribution in [0, 0.1) is 11.8 Å². The Morgan fingerprint density at radius 3 is 2.64 bits per heavy atom. The van der Waals surface area contributed by atoms with Crippen LogP contribution in [0.25, 0.3) is 0 Å². The van der Waals surface area contributed by atoms with E-state index in [4.69, 9.17) is 14.2 Å². The molecule has 1 saturated heterocycles. The van der Waals surface area contributed by atoms with Gasteiger partial charge in [-0.15, -0.1) is 0 Å². The van der Waals surface area contributed by atoms with Gasteiger partial charge < -0.3 is 29.2 Å². The van der Waals surface area contributed by atoms with Crippen LogP contribution in [-0.2, 0) is 25.2 Å². The summed E-state index contributed by atoms with van der Waals surface area (Å²) in [5.41, 5.74) is -0.817. The number of rotatable bonds is 11. The van der Waals surface area contributed by atoms with Crippen LogP contribution in [0.2, 0.25) is 0 Å². The van der Waals surface area contributed by atoms with Crippen molar-refractivity contribution in [3.05, 3.63) is 54.1 Å². The van der Waals surface area contributed by atoms with E-state index in [1.165, 1.54) is 19.2 Å². The number of hydrogen-bond donors (Lipinski definition) is 2. The van der Waals surface area contributed by atoms with Gasteiger partial charge in [-0.2, -0.15) is 13.2 Å². The molecule has 200 valence electrons. The van der Waals surface area contributed by atoms with Crippen LogP contribution in [0.4, 0.5) is 13.2 Å². The molecule has 36 heavy (non-hydrogen) atoms. The van der Waals surface area contributed by atoms with E-state index in [1.807, 2.05) is 12.2 Å². The molecular weight excluding hydrogens is 481 g/mol. The number of unbranched alkanes of at least 4 members (excludes halogenated alkanes) is 1. The van der Waals surface area contributed by atoms with Crippen molar-refractivity contribution in [2.45, 2.75) is 56.3 Å². The Labute approximate surface area is 208 Å². The fourth-order valence-electron chi connectivity index (χ4n) is 4.45. The normalized spacial score (nSPS) is 26.2. The monoisotopic (exact) mass is 514 g/mol.